The lowest BCUT2D eigenvalue weighted by Crippen LogP contribution is -2.28. The maximum Gasteiger partial charge on any atom is 0.270 e. The summed E-state index contributed by atoms with van der Waals surface area (Å²) in [6.07, 6.45) is 1.97. The Hall–Kier alpha value is -3.60. The molecule has 2 aromatic carbocycles. The molecule has 29 heavy (non-hydrogen) atoms. The largest absolute Gasteiger partial charge is 0.349 e. The molecule has 0 aliphatic heterocycles. The quantitative estimate of drug-likeness (QED) is 0.543. The third-order valence-corrected chi connectivity index (χ3v) is 5.04. The molecule has 1 amide bonds. The molecule has 5 nitrogen and oxygen atoms in total. The highest BCUT2D eigenvalue weighted by molar-refractivity contribution is 5.94. The van der Waals surface area contributed by atoms with Crippen LogP contribution in [0.4, 0.5) is 0 Å². The highest BCUT2D eigenvalue weighted by Gasteiger charge is 2.20. The number of aromatic nitrogens is 3. The number of amides is 1. The molecule has 0 spiro atoms. The molecule has 1 N–H and O–H groups in total. The Morgan fingerprint density at radius 2 is 1.79 bits per heavy atom. The Kier molecular flexibility index (Phi) is 5.04. The molecule has 0 saturated heterocycles. The summed E-state index contributed by atoms with van der Waals surface area (Å²) in [6.45, 7) is 4.01. The van der Waals surface area contributed by atoms with Crippen LogP contribution in [0.2, 0.25) is 0 Å². The third-order valence-electron chi connectivity index (χ3n) is 5.04. The summed E-state index contributed by atoms with van der Waals surface area (Å²) in [5, 5.41) is 7.86. The van der Waals surface area contributed by atoms with E-state index in [0.717, 1.165) is 28.2 Å². The minimum absolute atomic E-state index is 0.108. The SMILES string of the molecule is Cc1cccc(-n2nc(-c3cccn3C)cc2C(=O)N[C@H](C)c2ccccc2)c1. The molecule has 0 aliphatic carbocycles. The van der Waals surface area contributed by atoms with Crippen LogP contribution in [0.5, 0.6) is 0 Å². The van der Waals surface area contributed by atoms with Gasteiger partial charge in [0.1, 0.15) is 11.4 Å². The number of nitrogens with one attached hydrogen (secondary N) is 1. The fraction of sp³-hybridized carbons (Fsp3) is 0.167. The van der Waals surface area contributed by atoms with E-state index in [2.05, 4.69) is 5.32 Å². The van der Waals surface area contributed by atoms with Crippen molar-refractivity contribution in [1.82, 2.24) is 19.7 Å². The first kappa shape index (κ1) is 18.7. The summed E-state index contributed by atoms with van der Waals surface area (Å²) in [6, 6.07) is 23.7. The van der Waals surface area contributed by atoms with E-state index in [1.54, 1.807) is 4.68 Å². The van der Waals surface area contributed by atoms with Gasteiger partial charge in [0.15, 0.2) is 0 Å². The van der Waals surface area contributed by atoms with E-state index in [1.165, 1.54) is 0 Å². The minimum atomic E-state index is -0.157. The van der Waals surface area contributed by atoms with Crippen molar-refractivity contribution in [2.75, 3.05) is 0 Å². The van der Waals surface area contributed by atoms with Gasteiger partial charge in [0.05, 0.1) is 17.4 Å². The van der Waals surface area contributed by atoms with E-state index in [9.17, 15) is 4.79 Å². The zero-order chi connectivity index (χ0) is 20.4. The Morgan fingerprint density at radius 3 is 2.48 bits per heavy atom. The van der Waals surface area contributed by atoms with Crippen LogP contribution in [0.15, 0.2) is 79.0 Å². The van der Waals surface area contributed by atoms with Gasteiger partial charge in [-0.3, -0.25) is 4.79 Å². The van der Waals surface area contributed by atoms with Crippen LogP contribution in [0.25, 0.3) is 17.1 Å². The average Bonchev–Trinajstić information content (AvgIpc) is 3.35. The first-order chi connectivity index (χ1) is 14.0. The summed E-state index contributed by atoms with van der Waals surface area (Å²) in [5.74, 6) is -0.157. The molecule has 2 heterocycles. The lowest BCUT2D eigenvalue weighted by molar-refractivity contribution is 0.0932. The van der Waals surface area contributed by atoms with E-state index in [1.807, 2.05) is 104 Å². The van der Waals surface area contributed by atoms with Crippen LogP contribution >= 0.6 is 0 Å². The first-order valence-electron chi connectivity index (χ1n) is 9.67. The van der Waals surface area contributed by atoms with E-state index in [4.69, 9.17) is 5.10 Å². The maximum absolute atomic E-state index is 13.2. The van der Waals surface area contributed by atoms with E-state index < -0.39 is 0 Å². The second-order valence-electron chi connectivity index (χ2n) is 7.28. The van der Waals surface area contributed by atoms with Gasteiger partial charge in [-0.2, -0.15) is 5.10 Å². The van der Waals surface area contributed by atoms with Crippen LogP contribution in [-0.2, 0) is 7.05 Å². The Balaban J connectivity index is 1.73. The molecule has 2 aromatic heterocycles. The lowest BCUT2D eigenvalue weighted by Gasteiger charge is -2.15. The van der Waals surface area contributed by atoms with Gasteiger partial charge in [-0.15, -0.1) is 0 Å². The highest BCUT2D eigenvalue weighted by atomic mass is 16.2. The smallest absolute Gasteiger partial charge is 0.270 e. The van der Waals surface area contributed by atoms with Gasteiger partial charge in [-0.05, 0) is 55.3 Å². The number of benzene rings is 2. The zero-order valence-corrected chi connectivity index (χ0v) is 16.8. The molecule has 0 saturated carbocycles. The molecule has 1 atom stereocenters. The molecule has 0 radical (unpaired) electrons. The van der Waals surface area contributed by atoms with Crippen LogP contribution in [0.1, 0.15) is 34.6 Å². The van der Waals surface area contributed by atoms with Crippen molar-refractivity contribution in [3.05, 3.63) is 95.8 Å². The minimum Gasteiger partial charge on any atom is -0.349 e. The van der Waals surface area contributed by atoms with E-state index in [-0.39, 0.29) is 11.9 Å². The van der Waals surface area contributed by atoms with Crippen molar-refractivity contribution >= 4 is 5.91 Å². The number of hydrogen-bond donors (Lipinski definition) is 1. The van der Waals surface area contributed by atoms with Crippen molar-refractivity contribution in [1.29, 1.82) is 0 Å². The normalized spacial score (nSPS) is 12.0. The second kappa shape index (κ2) is 7.80. The summed E-state index contributed by atoms with van der Waals surface area (Å²) in [5.41, 5.74) is 5.27. The third kappa shape index (κ3) is 3.85. The predicted molar refractivity (Wildman–Crippen MR) is 115 cm³/mol. The fourth-order valence-electron chi connectivity index (χ4n) is 3.45. The van der Waals surface area contributed by atoms with Crippen LogP contribution in [0.3, 0.4) is 0 Å². The molecule has 0 bridgehead atoms. The molecular weight excluding hydrogens is 360 g/mol. The van der Waals surface area contributed by atoms with Gasteiger partial charge in [0.2, 0.25) is 0 Å². The van der Waals surface area contributed by atoms with Crippen LogP contribution in [-0.4, -0.2) is 20.3 Å². The Labute approximate surface area is 170 Å². The van der Waals surface area contributed by atoms with Crippen molar-refractivity contribution in [3.63, 3.8) is 0 Å². The topological polar surface area (TPSA) is 51.9 Å². The van der Waals surface area contributed by atoms with Gasteiger partial charge in [0, 0.05) is 13.2 Å². The standard InChI is InChI=1S/C24H24N4O/c1-17-9-7-12-20(15-17)28-23(16-21(26-28)22-13-8-14-27(22)3)24(29)25-18(2)19-10-5-4-6-11-19/h4-16,18H,1-3H3,(H,25,29)/t18-/m1/s1. The van der Waals surface area contributed by atoms with Gasteiger partial charge in [-0.1, -0.05) is 42.5 Å². The van der Waals surface area contributed by atoms with Crippen molar-refractivity contribution < 1.29 is 4.79 Å². The summed E-state index contributed by atoms with van der Waals surface area (Å²) >= 11 is 0. The van der Waals surface area contributed by atoms with Crippen LogP contribution < -0.4 is 5.32 Å². The highest BCUT2D eigenvalue weighted by Crippen LogP contribution is 2.23. The van der Waals surface area contributed by atoms with Gasteiger partial charge in [0.25, 0.3) is 5.91 Å². The fourth-order valence-corrected chi connectivity index (χ4v) is 3.45. The van der Waals surface area contributed by atoms with Crippen LogP contribution in [0, 0.1) is 6.92 Å². The van der Waals surface area contributed by atoms with Crippen molar-refractivity contribution in [2.24, 2.45) is 7.05 Å². The summed E-state index contributed by atoms with van der Waals surface area (Å²) in [7, 11) is 1.97. The number of carbonyl (C=O) groups excluding carboxylic acids is 1. The number of rotatable bonds is 5. The molecule has 4 rings (SSSR count). The first-order valence-corrected chi connectivity index (χ1v) is 9.67. The molecular formula is C24H24N4O. The number of hydrogen-bond acceptors (Lipinski definition) is 2. The molecule has 0 aliphatic rings. The number of aryl methyl sites for hydroxylation is 2. The van der Waals surface area contributed by atoms with E-state index >= 15 is 0 Å². The average molecular weight is 384 g/mol. The van der Waals surface area contributed by atoms with Gasteiger partial charge < -0.3 is 9.88 Å². The van der Waals surface area contributed by atoms with Crippen molar-refractivity contribution in [3.8, 4) is 17.1 Å². The maximum atomic E-state index is 13.2. The molecule has 4 aromatic rings. The molecule has 146 valence electrons. The monoisotopic (exact) mass is 384 g/mol. The van der Waals surface area contributed by atoms with E-state index in [0.29, 0.717) is 5.69 Å². The second-order valence-corrected chi connectivity index (χ2v) is 7.28. The number of nitrogens with zero attached hydrogens (tertiary/aromatic N) is 3. The molecule has 0 unspecified atom stereocenters. The number of carbonyl (C=O) groups is 1. The lowest BCUT2D eigenvalue weighted by atomic mass is 10.1. The Morgan fingerprint density at radius 1 is 1.00 bits per heavy atom. The van der Waals surface area contributed by atoms with Crippen molar-refractivity contribution in [2.45, 2.75) is 19.9 Å². The summed E-state index contributed by atoms with van der Waals surface area (Å²) in [4.78, 5) is 13.2. The Bertz CT molecular complexity index is 1140. The molecule has 0 fully saturated rings. The van der Waals surface area contributed by atoms with Gasteiger partial charge >= 0.3 is 0 Å². The predicted octanol–water partition coefficient (Wildman–Crippen LogP) is 4.68. The van der Waals surface area contributed by atoms with Gasteiger partial charge in [-0.25, -0.2) is 4.68 Å². The summed E-state index contributed by atoms with van der Waals surface area (Å²) < 4.78 is 3.72. The zero-order valence-electron chi connectivity index (χ0n) is 16.8. The molecule has 5 heteroatoms.